The van der Waals surface area contributed by atoms with Gasteiger partial charge in [-0.1, -0.05) is 0 Å². The van der Waals surface area contributed by atoms with Gasteiger partial charge in [-0.05, 0) is 25.4 Å². The zero-order valence-electron chi connectivity index (χ0n) is 7.17. The van der Waals surface area contributed by atoms with Crippen LogP contribution in [-0.4, -0.2) is 30.6 Å². The maximum Gasteiger partial charge on any atom is 0.303 e. The van der Waals surface area contributed by atoms with Gasteiger partial charge in [-0.15, -0.1) is 0 Å². The van der Waals surface area contributed by atoms with E-state index < -0.39 is 24.7 Å². The van der Waals surface area contributed by atoms with E-state index in [-0.39, 0.29) is 5.92 Å². The molecule has 2 atom stereocenters. The summed E-state index contributed by atoms with van der Waals surface area (Å²) in [5, 5.41) is 11.4. The molecule has 2 unspecified atom stereocenters. The highest BCUT2D eigenvalue weighted by Crippen LogP contribution is 2.27. The third-order valence-corrected chi connectivity index (χ3v) is 2.44. The van der Waals surface area contributed by atoms with Gasteiger partial charge in [0, 0.05) is 5.92 Å². The van der Waals surface area contributed by atoms with Gasteiger partial charge in [0.25, 0.3) is 0 Å². The van der Waals surface area contributed by atoms with Crippen LogP contribution in [0.1, 0.15) is 12.8 Å². The molecule has 0 aromatic carbocycles. The number of carbonyl (C=O) groups is 1. The zero-order valence-corrected chi connectivity index (χ0v) is 7.17. The predicted octanol–water partition coefficient (Wildman–Crippen LogP) is 0.952. The average molecular weight is 193 g/mol. The Balaban J connectivity index is 2.50. The highest BCUT2D eigenvalue weighted by atomic mass is 19.3. The van der Waals surface area contributed by atoms with Gasteiger partial charge in [-0.3, -0.25) is 4.79 Å². The standard InChI is InChI=1S/C8H13F2NO2/c9-8(10)6(3-7(12)13)5-1-2-11-4-5/h5-6,8,11H,1-4H2,(H,12,13). The van der Waals surface area contributed by atoms with E-state index in [9.17, 15) is 13.6 Å². The fourth-order valence-electron chi connectivity index (χ4n) is 1.71. The van der Waals surface area contributed by atoms with Gasteiger partial charge in [0.05, 0.1) is 6.42 Å². The molecule has 3 nitrogen and oxygen atoms in total. The molecular weight excluding hydrogens is 180 g/mol. The Labute approximate surface area is 75.1 Å². The van der Waals surface area contributed by atoms with E-state index in [0.29, 0.717) is 19.5 Å². The first-order valence-electron chi connectivity index (χ1n) is 4.32. The number of hydrogen-bond donors (Lipinski definition) is 2. The molecular formula is C8H13F2NO2. The molecule has 0 aromatic heterocycles. The minimum absolute atomic E-state index is 0.184. The maximum atomic E-state index is 12.4. The second-order valence-electron chi connectivity index (χ2n) is 3.35. The lowest BCUT2D eigenvalue weighted by Crippen LogP contribution is -2.26. The lowest BCUT2D eigenvalue weighted by atomic mass is 9.89. The van der Waals surface area contributed by atoms with Crippen molar-refractivity contribution >= 4 is 5.97 Å². The fraction of sp³-hybridized carbons (Fsp3) is 0.875. The highest BCUT2D eigenvalue weighted by Gasteiger charge is 2.33. The minimum Gasteiger partial charge on any atom is -0.481 e. The van der Waals surface area contributed by atoms with E-state index in [2.05, 4.69) is 5.32 Å². The molecule has 13 heavy (non-hydrogen) atoms. The number of aliphatic carboxylic acids is 1. The number of hydrogen-bond acceptors (Lipinski definition) is 2. The fourth-order valence-corrected chi connectivity index (χ4v) is 1.71. The van der Waals surface area contributed by atoms with Crippen LogP contribution in [0.4, 0.5) is 8.78 Å². The topological polar surface area (TPSA) is 49.3 Å². The normalized spacial score (nSPS) is 25.0. The van der Waals surface area contributed by atoms with Crippen molar-refractivity contribution in [2.24, 2.45) is 11.8 Å². The van der Waals surface area contributed by atoms with Gasteiger partial charge in [-0.25, -0.2) is 8.78 Å². The SMILES string of the molecule is O=C(O)CC(C(F)F)C1CCNC1. The van der Waals surface area contributed by atoms with Crippen molar-refractivity contribution in [3.05, 3.63) is 0 Å². The van der Waals surface area contributed by atoms with Crippen molar-refractivity contribution in [2.75, 3.05) is 13.1 Å². The molecule has 1 fully saturated rings. The average Bonchev–Trinajstić information content (AvgIpc) is 2.50. The van der Waals surface area contributed by atoms with Crippen molar-refractivity contribution in [1.29, 1.82) is 0 Å². The van der Waals surface area contributed by atoms with Crippen molar-refractivity contribution < 1.29 is 18.7 Å². The monoisotopic (exact) mass is 193 g/mol. The molecule has 0 bridgehead atoms. The van der Waals surface area contributed by atoms with Crippen LogP contribution in [0.15, 0.2) is 0 Å². The highest BCUT2D eigenvalue weighted by molar-refractivity contribution is 5.67. The molecule has 0 saturated carbocycles. The van der Waals surface area contributed by atoms with Crippen molar-refractivity contribution in [3.8, 4) is 0 Å². The van der Waals surface area contributed by atoms with E-state index in [4.69, 9.17) is 5.11 Å². The van der Waals surface area contributed by atoms with Gasteiger partial charge in [0.1, 0.15) is 0 Å². The molecule has 0 aliphatic carbocycles. The van der Waals surface area contributed by atoms with Crippen LogP contribution in [0, 0.1) is 11.8 Å². The van der Waals surface area contributed by atoms with Crippen LogP contribution in [0.2, 0.25) is 0 Å². The molecule has 1 aliphatic heterocycles. The van der Waals surface area contributed by atoms with Crippen LogP contribution >= 0.6 is 0 Å². The Morgan fingerprint density at radius 1 is 1.62 bits per heavy atom. The van der Waals surface area contributed by atoms with E-state index in [1.54, 1.807) is 0 Å². The molecule has 0 spiro atoms. The zero-order chi connectivity index (χ0) is 9.84. The second kappa shape index (κ2) is 4.50. The van der Waals surface area contributed by atoms with Crippen LogP contribution in [0.5, 0.6) is 0 Å². The van der Waals surface area contributed by atoms with Crippen molar-refractivity contribution in [3.63, 3.8) is 0 Å². The van der Waals surface area contributed by atoms with Gasteiger partial charge in [0.15, 0.2) is 0 Å². The Kier molecular flexibility index (Phi) is 3.59. The Morgan fingerprint density at radius 2 is 2.31 bits per heavy atom. The van der Waals surface area contributed by atoms with Gasteiger partial charge in [-0.2, -0.15) is 0 Å². The first-order valence-corrected chi connectivity index (χ1v) is 4.32. The molecule has 5 heteroatoms. The summed E-state index contributed by atoms with van der Waals surface area (Å²) in [5.41, 5.74) is 0. The quantitative estimate of drug-likeness (QED) is 0.699. The number of carboxylic acid groups (broad SMARTS) is 1. The minimum atomic E-state index is -2.53. The van der Waals surface area contributed by atoms with E-state index in [0.717, 1.165) is 0 Å². The van der Waals surface area contributed by atoms with Gasteiger partial charge < -0.3 is 10.4 Å². The third kappa shape index (κ3) is 2.91. The molecule has 0 amide bonds. The molecule has 1 rings (SSSR count). The summed E-state index contributed by atoms with van der Waals surface area (Å²) in [6.45, 7) is 1.23. The van der Waals surface area contributed by atoms with E-state index in [1.807, 2.05) is 0 Å². The molecule has 0 radical (unpaired) electrons. The summed E-state index contributed by atoms with van der Waals surface area (Å²) in [5.74, 6) is -2.32. The van der Waals surface area contributed by atoms with Crippen LogP contribution in [0.25, 0.3) is 0 Å². The number of alkyl halides is 2. The van der Waals surface area contributed by atoms with E-state index in [1.165, 1.54) is 0 Å². The molecule has 1 heterocycles. The molecule has 1 aliphatic rings. The number of nitrogens with one attached hydrogen (secondary N) is 1. The summed E-state index contributed by atoms with van der Waals surface area (Å²) in [6, 6.07) is 0. The Bertz CT molecular complexity index is 181. The van der Waals surface area contributed by atoms with Crippen molar-refractivity contribution in [1.82, 2.24) is 5.32 Å². The largest absolute Gasteiger partial charge is 0.481 e. The maximum absolute atomic E-state index is 12.4. The lowest BCUT2D eigenvalue weighted by Gasteiger charge is -2.19. The summed E-state index contributed by atoms with van der Waals surface area (Å²) in [6.07, 6.45) is -2.30. The summed E-state index contributed by atoms with van der Waals surface area (Å²) >= 11 is 0. The van der Waals surface area contributed by atoms with Gasteiger partial charge in [0.2, 0.25) is 6.43 Å². The smallest absolute Gasteiger partial charge is 0.303 e. The van der Waals surface area contributed by atoms with Crippen LogP contribution in [0.3, 0.4) is 0 Å². The van der Waals surface area contributed by atoms with E-state index >= 15 is 0 Å². The molecule has 2 N–H and O–H groups in total. The summed E-state index contributed by atoms with van der Waals surface area (Å²) in [4.78, 5) is 10.3. The first kappa shape index (κ1) is 10.4. The third-order valence-electron chi connectivity index (χ3n) is 2.44. The summed E-state index contributed by atoms with van der Waals surface area (Å²) in [7, 11) is 0. The second-order valence-corrected chi connectivity index (χ2v) is 3.35. The molecule has 0 aromatic rings. The number of halogens is 2. The molecule has 1 saturated heterocycles. The lowest BCUT2D eigenvalue weighted by molar-refractivity contribution is -0.140. The Hall–Kier alpha value is -0.710. The van der Waals surface area contributed by atoms with Crippen LogP contribution in [-0.2, 0) is 4.79 Å². The van der Waals surface area contributed by atoms with Gasteiger partial charge >= 0.3 is 5.97 Å². The number of rotatable bonds is 4. The summed E-state index contributed by atoms with van der Waals surface area (Å²) < 4.78 is 24.8. The first-order chi connectivity index (χ1) is 6.11. The Morgan fingerprint density at radius 3 is 2.69 bits per heavy atom. The molecule has 76 valence electrons. The van der Waals surface area contributed by atoms with Crippen molar-refractivity contribution in [2.45, 2.75) is 19.3 Å². The number of carboxylic acids is 1. The van der Waals surface area contributed by atoms with Crippen LogP contribution < -0.4 is 5.32 Å². The predicted molar refractivity (Wildman–Crippen MR) is 42.7 cm³/mol.